The van der Waals surface area contributed by atoms with Crippen LogP contribution in [0.15, 0.2) is 22.9 Å². The van der Waals surface area contributed by atoms with Crippen molar-refractivity contribution >= 4 is 21.6 Å². The second-order valence-corrected chi connectivity index (χ2v) is 5.41. The van der Waals surface area contributed by atoms with Gasteiger partial charge in [-0.15, -0.1) is 0 Å². The first kappa shape index (κ1) is 12.8. The molecule has 1 N–H and O–H groups in total. The highest BCUT2D eigenvalue weighted by Crippen LogP contribution is 2.26. The number of piperidine rings is 1. The highest BCUT2D eigenvalue weighted by Gasteiger charge is 2.17. The minimum atomic E-state index is 0.816. The third-order valence-corrected chi connectivity index (χ3v) is 4.02. The van der Waals surface area contributed by atoms with Gasteiger partial charge in [0.15, 0.2) is 0 Å². The first-order valence-electron chi connectivity index (χ1n) is 6.36. The molecule has 0 aromatic carbocycles. The van der Waals surface area contributed by atoms with E-state index in [0.29, 0.717) is 0 Å². The maximum atomic E-state index is 4.12. The molecule has 3 nitrogen and oxygen atoms in total. The molecule has 0 atom stereocenters. The van der Waals surface area contributed by atoms with Gasteiger partial charge in [-0.1, -0.05) is 0 Å². The molecule has 1 fully saturated rings. The van der Waals surface area contributed by atoms with Gasteiger partial charge in [-0.2, -0.15) is 0 Å². The summed E-state index contributed by atoms with van der Waals surface area (Å²) >= 11 is 3.59. The van der Waals surface area contributed by atoms with Gasteiger partial charge >= 0.3 is 0 Å². The van der Waals surface area contributed by atoms with Crippen molar-refractivity contribution in [2.24, 2.45) is 5.92 Å². The van der Waals surface area contributed by atoms with Gasteiger partial charge < -0.3 is 10.2 Å². The second-order valence-electron chi connectivity index (χ2n) is 4.56. The van der Waals surface area contributed by atoms with Crippen molar-refractivity contribution < 1.29 is 0 Å². The third-order valence-electron chi connectivity index (χ3n) is 3.41. The molecule has 1 aliphatic heterocycles. The average Bonchev–Trinajstić information content (AvgIpc) is 2.38. The summed E-state index contributed by atoms with van der Waals surface area (Å²) in [7, 11) is 0. The zero-order valence-corrected chi connectivity index (χ0v) is 11.9. The number of nitrogens with zero attached hydrogens (tertiary/aromatic N) is 2. The Bertz CT molecular complexity index is 350. The van der Waals surface area contributed by atoms with Crippen LogP contribution < -0.4 is 10.2 Å². The van der Waals surface area contributed by atoms with Gasteiger partial charge in [-0.05, 0) is 60.8 Å². The molecule has 2 heterocycles. The van der Waals surface area contributed by atoms with Gasteiger partial charge in [0.05, 0.1) is 10.2 Å². The van der Waals surface area contributed by atoms with Crippen LogP contribution in [0.2, 0.25) is 0 Å². The molecule has 2 rings (SSSR count). The van der Waals surface area contributed by atoms with Crippen molar-refractivity contribution in [3.8, 4) is 0 Å². The zero-order valence-electron chi connectivity index (χ0n) is 10.3. The van der Waals surface area contributed by atoms with Crippen molar-refractivity contribution in [1.82, 2.24) is 10.3 Å². The van der Waals surface area contributed by atoms with Gasteiger partial charge in [0.1, 0.15) is 0 Å². The second kappa shape index (κ2) is 6.36. The number of nitrogens with one attached hydrogen (secondary N) is 1. The Balaban J connectivity index is 2.03. The van der Waals surface area contributed by atoms with Crippen LogP contribution in [0.4, 0.5) is 5.69 Å². The van der Waals surface area contributed by atoms with Crippen LogP contribution in [0, 0.1) is 5.92 Å². The number of aromatic nitrogens is 1. The van der Waals surface area contributed by atoms with Crippen molar-refractivity contribution in [1.29, 1.82) is 0 Å². The Hall–Kier alpha value is -0.610. The maximum Gasteiger partial charge on any atom is 0.0592 e. The zero-order chi connectivity index (χ0) is 12.1. The molecule has 0 unspecified atom stereocenters. The summed E-state index contributed by atoms with van der Waals surface area (Å²) in [4.78, 5) is 6.57. The highest BCUT2D eigenvalue weighted by atomic mass is 79.9. The van der Waals surface area contributed by atoms with Gasteiger partial charge in [0, 0.05) is 25.5 Å². The molecular formula is C13H20BrN3. The fourth-order valence-corrected chi connectivity index (χ4v) is 2.90. The van der Waals surface area contributed by atoms with Gasteiger partial charge in [0.2, 0.25) is 0 Å². The molecule has 0 radical (unpaired) electrons. The monoisotopic (exact) mass is 297 g/mol. The van der Waals surface area contributed by atoms with E-state index >= 15 is 0 Å². The molecule has 0 bridgehead atoms. The van der Waals surface area contributed by atoms with Gasteiger partial charge in [-0.25, -0.2) is 0 Å². The van der Waals surface area contributed by atoms with E-state index in [1.54, 1.807) is 0 Å². The van der Waals surface area contributed by atoms with E-state index in [4.69, 9.17) is 0 Å². The summed E-state index contributed by atoms with van der Waals surface area (Å²) in [5.41, 5.74) is 1.26. The van der Waals surface area contributed by atoms with Crippen molar-refractivity contribution in [3.05, 3.63) is 22.9 Å². The lowest BCUT2D eigenvalue weighted by atomic mass is 9.97. The molecule has 17 heavy (non-hydrogen) atoms. The quantitative estimate of drug-likeness (QED) is 0.926. The normalized spacial score (nSPS) is 17.1. The van der Waals surface area contributed by atoms with Crippen molar-refractivity contribution in [2.45, 2.75) is 19.8 Å². The van der Waals surface area contributed by atoms with E-state index in [1.165, 1.54) is 31.6 Å². The Kier molecular flexibility index (Phi) is 4.80. The molecule has 0 aliphatic carbocycles. The number of anilines is 1. The van der Waals surface area contributed by atoms with Crippen LogP contribution >= 0.6 is 15.9 Å². The molecule has 0 amide bonds. The molecule has 4 heteroatoms. The summed E-state index contributed by atoms with van der Waals surface area (Å²) < 4.78 is 1.09. The predicted molar refractivity (Wildman–Crippen MR) is 75.4 cm³/mol. The lowest BCUT2D eigenvalue weighted by Crippen LogP contribution is -2.36. The Morgan fingerprint density at radius 3 is 2.88 bits per heavy atom. The minimum absolute atomic E-state index is 0.816. The summed E-state index contributed by atoms with van der Waals surface area (Å²) in [6.45, 7) is 6.75. The highest BCUT2D eigenvalue weighted by molar-refractivity contribution is 9.10. The van der Waals surface area contributed by atoms with Crippen LogP contribution in [-0.4, -0.2) is 31.2 Å². The Morgan fingerprint density at radius 2 is 2.24 bits per heavy atom. The van der Waals surface area contributed by atoms with E-state index in [2.05, 4.69) is 44.1 Å². The molecule has 1 aliphatic rings. The lowest BCUT2D eigenvalue weighted by molar-refractivity contribution is 0.374. The minimum Gasteiger partial charge on any atom is -0.371 e. The molecule has 1 aromatic rings. The van der Waals surface area contributed by atoms with E-state index < -0.39 is 0 Å². The summed E-state index contributed by atoms with van der Waals surface area (Å²) in [5.74, 6) is 0.816. The number of hydrogen-bond acceptors (Lipinski definition) is 3. The number of rotatable bonds is 4. The molecule has 1 aromatic heterocycles. The number of halogens is 1. The SMILES string of the molecule is CCN(CC1CCNCC1)c1ccncc1Br. The summed E-state index contributed by atoms with van der Waals surface area (Å²) in [6, 6.07) is 2.09. The van der Waals surface area contributed by atoms with Gasteiger partial charge in [-0.3, -0.25) is 4.98 Å². The van der Waals surface area contributed by atoms with Crippen LogP contribution in [0.5, 0.6) is 0 Å². The number of pyridine rings is 1. The first-order valence-corrected chi connectivity index (χ1v) is 7.15. The molecule has 0 spiro atoms. The van der Waals surface area contributed by atoms with Crippen LogP contribution in [-0.2, 0) is 0 Å². The first-order chi connectivity index (χ1) is 8.31. The molecule has 1 saturated heterocycles. The topological polar surface area (TPSA) is 28.2 Å². The largest absolute Gasteiger partial charge is 0.371 e. The van der Waals surface area contributed by atoms with Crippen LogP contribution in [0.1, 0.15) is 19.8 Å². The predicted octanol–water partition coefficient (Wildman–Crippen LogP) is 2.67. The standard InChI is InChI=1S/C13H20BrN3/c1-2-17(10-11-3-6-15-7-4-11)13-5-8-16-9-12(13)14/h5,8-9,11,15H,2-4,6-7,10H2,1H3. The molecule has 94 valence electrons. The maximum absolute atomic E-state index is 4.12. The smallest absolute Gasteiger partial charge is 0.0592 e. The summed E-state index contributed by atoms with van der Waals surface area (Å²) in [5, 5.41) is 3.42. The van der Waals surface area contributed by atoms with Crippen molar-refractivity contribution in [2.75, 3.05) is 31.1 Å². The van der Waals surface area contributed by atoms with Crippen LogP contribution in [0.3, 0.4) is 0 Å². The van der Waals surface area contributed by atoms with Crippen LogP contribution in [0.25, 0.3) is 0 Å². The van der Waals surface area contributed by atoms with Gasteiger partial charge in [0.25, 0.3) is 0 Å². The Morgan fingerprint density at radius 1 is 1.47 bits per heavy atom. The van der Waals surface area contributed by atoms with Crippen molar-refractivity contribution in [3.63, 3.8) is 0 Å². The molecular weight excluding hydrogens is 278 g/mol. The molecule has 0 saturated carbocycles. The average molecular weight is 298 g/mol. The lowest BCUT2D eigenvalue weighted by Gasteiger charge is -2.31. The third kappa shape index (κ3) is 3.42. The fourth-order valence-electron chi connectivity index (χ4n) is 2.40. The van der Waals surface area contributed by atoms with E-state index in [0.717, 1.165) is 23.5 Å². The van der Waals surface area contributed by atoms with E-state index in [1.807, 2.05) is 12.4 Å². The van der Waals surface area contributed by atoms with E-state index in [9.17, 15) is 0 Å². The number of hydrogen-bond donors (Lipinski definition) is 1. The van der Waals surface area contributed by atoms with E-state index in [-0.39, 0.29) is 0 Å². The Labute approximate surface area is 112 Å². The fraction of sp³-hybridized carbons (Fsp3) is 0.615. The summed E-state index contributed by atoms with van der Waals surface area (Å²) in [6.07, 6.45) is 6.32.